The van der Waals surface area contributed by atoms with Crippen molar-refractivity contribution < 1.29 is 9.53 Å². The first kappa shape index (κ1) is 17.8. The van der Waals surface area contributed by atoms with Crippen molar-refractivity contribution in [1.82, 2.24) is 4.90 Å². The molecule has 0 spiro atoms. The van der Waals surface area contributed by atoms with Crippen LogP contribution < -0.4 is 0 Å². The highest BCUT2D eigenvalue weighted by atomic mass is 32.2. The molecule has 0 saturated carbocycles. The van der Waals surface area contributed by atoms with E-state index in [0.717, 1.165) is 17.7 Å². The summed E-state index contributed by atoms with van der Waals surface area (Å²) in [6, 6.07) is 9.95. The number of rotatable bonds is 4. The van der Waals surface area contributed by atoms with Crippen molar-refractivity contribution in [2.75, 3.05) is 6.54 Å². The van der Waals surface area contributed by atoms with Crippen LogP contribution in [0.2, 0.25) is 0 Å². The Hall–Kier alpha value is -1.96. The fourth-order valence-corrected chi connectivity index (χ4v) is 4.06. The molecular weight excluding hydrogens is 338 g/mol. The van der Waals surface area contributed by atoms with Crippen LogP contribution in [-0.2, 0) is 4.74 Å². The highest BCUT2D eigenvalue weighted by molar-refractivity contribution is 8.00. The van der Waals surface area contributed by atoms with Crippen molar-refractivity contribution in [2.45, 2.75) is 61.6 Å². The Kier molecular flexibility index (Phi) is 5.08. The molecule has 3 rings (SSSR count). The summed E-state index contributed by atoms with van der Waals surface area (Å²) >= 11 is 1.51. The first-order valence-corrected chi connectivity index (χ1v) is 9.26. The maximum absolute atomic E-state index is 12.5. The molecule has 1 amide bonds. The van der Waals surface area contributed by atoms with E-state index < -0.39 is 10.6 Å². The molecule has 1 atom stereocenters. The van der Waals surface area contributed by atoms with Crippen LogP contribution in [0.5, 0.6) is 0 Å². The van der Waals surface area contributed by atoms with E-state index in [4.69, 9.17) is 4.74 Å². The molecule has 0 aliphatic carbocycles. The Labute approximate surface area is 151 Å². The Morgan fingerprint density at radius 1 is 1.28 bits per heavy atom. The standard InChI is InChI=1S/C17H23N5O2S/c1-16(2,3)24-15(23)22-11-7-8-13(22)12-17(18-20-21-19-17)25-14-9-5-4-6-10-14/h4-6,9-10,13H,7-8,11-12H2,1-3H3. The topological polar surface area (TPSA) is 79.0 Å². The van der Waals surface area contributed by atoms with Gasteiger partial charge in [0.1, 0.15) is 5.60 Å². The van der Waals surface area contributed by atoms with Crippen LogP contribution in [0.1, 0.15) is 40.0 Å². The third-order valence-electron chi connectivity index (χ3n) is 3.97. The van der Waals surface area contributed by atoms with Crippen LogP contribution in [0.4, 0.5) is 4.79 Å². The molecule has 0 bridgehead atoms. The first-order valence-electron chi connectivity index (χ1n) is 8.45. The smallest absolute Gasteiger partial charge is 0.410 e. The fourth-order valence-electron chi connectivity index (χ4n) is 2.96. The molecule has 0 N–H and O–H groups in total. The molecule has 2 heterocycles. The van der Waals surface area contributed by atoms with Crippen molar-refractivity contribution in [3.8, 4) is 0 Å². The Morgan fingerprint density at radius 3 is 2.60 bits per heavy atom. The summed E-state index contributed by atoms with van der Waals surface area (Å²) in [5.41, 5.74) is -0.506. The molecule has 0 aromatic heterocycles. The van der Waals surface area contributed by atoms with E-state index >= 15 is 0 Å². The normalized spacial score (nSPS) is 21.7. The SMILES string of the molecule is CC(C)(C)OC(=O)N1CCCC1CC1(Sc2ccccc2)N=NN=N1. The van der Waals surface area contributed by atoms with Gasteiger partial charge in [0.2, 0.25) is 4.99 Å². The highest BCUT2D eigenvalue weighted by Crippen LogP contribution is 2.44. The molecular formula is C17H23N5O2S. The highest BCUT2D eigenvalue weighted by Gasteiger charge is 2.42. The Bertz CT molecular complexity index is 659. The molecule has 134 valence electrons. The lowest BCUT2D eigenvalue weighted by molar-refractivity contribution is 0.0214. The van der Waals surface area contributed by atoms with E-state index in [1.165, 1.54) is 11.8 Å². The van der Waals surface area contributed by atoms with Crippen molar-refractivity contribution in [1.29, 1.82) is 0 Å². The van der Waals surface area contributed by atoms with Gasteiger partial charge < -0.3 is 9.64 Å². The van der Waals surface area contributed by atoms with Crippen LogP contribution >= 0.6 is 11.8 Å². The number of hydrogen-bond donors (Lipinski definition) is 0. The lowest BCUT2D eigenvalue weighted by atomic mass is 10.1. The second kappa shape index (κ2) is 7.11. The summed E-state index contributed by atoms with van der Waals surface area (Å²) < 4.78 is 5.54. The average Bonchev–Trinajstić information content (AvgIpc) is 3.17. The van der Waals surface area contributed by atoms with E-state index in [1.807, 2.05) is 51.1 Å². The zero-order valence-electron chi connectivity index (χ0n) is 14.8. The molecule has 1 aromatic carbocycles. The van der Waals surface area contributed by atoms with Crippen LogP contribution in [0.15, 0.2) is 55.9 Å². The summed E-state index contributed by atoms with van der Waals surface area (Å²) in [5, 5.41) is 16.0. The zero-order chi connectivity index (χ0) is 17.9. The molecule has 0 radical (unpaired) electrons. The second-order valence-electron chi connectivity index (χ2n) is 7.21. The lowest BCUT2D eigenvalue weighted by Crippen LogP contribution is -2.42. The van der Waals surface area contributed by atoms with Gasteiger partial charge in [-0.05, 0) is 56.2 Å². The fraction of sp³-hybridized carbons (Fsp3) is 0.588. The summed E-state index contributed by atoms with van der Waals surface area (Å²) in [6.07, 6.45) is 2.14. The van der Waals surface area contributed by atoms with Crippen LogP contribution in [0, 0.1) is 0 Å². The molecule has 1 unspecified atom stereocenters. The number of likely N-dealkylation sites (tertiary alicyclic amines) is 1. The second-order valence-corrected chi connectivity index (χ2v) is 8.54. The van der Waals surface area contributed by atoms with Crippen molar-refractivity contribution in [3.63, 3.8) is 0 Å². The number of benzene rings is 1. The summed E-state index contributed by atoms with van der Waals surface area (Å²) in [6.45, 7) is 6.33. The van der Waals surface area contributed by atoms with E-state index in [-0.39, 0.29) is 12.1 Å². The van der Waals surface area contributed by atoms with Gasteiger partial charge in [-0.1, -0.05) is 30.0 Å². The molecule has 2 aliphatic heterocycles. The van der Waals surface area contributed by atoms with E-state index in [9.17, 15) is 4.79 Å². The predicted octanol–water partition coefficient (Wildman–Crippen LogP) is 5.06. The molecule has 1 saturated heterocycles. The van der Waals surface area contributed by atoms with Gasteiger partial charge in [0, 0.05) is 23.9 Å². The van der Waals surface area contributed by atoms with Gasteiger partial charge in [-0.3, -0.25) is 0 Å². The van der Waals surface area contributed by atoms with Gasteiger partial charge >= 0.3 is 6.09 Å². The van der Waals surface area contributed by atoms with E-state index in [0.29, 0.717) is 13.0 Å². The van der Waals surface area contributed by atoms with Gasteiger partial charge in [-0.25, -0.2) is 4.79 Å². The third-order valence-corrected chi connectivity index (χ3v) is 5.14. The maximum atomic E-state index is 12.5. The summed E-state index contributed by atoms with van der Waals surface area (Å²) in [7, 11) is 0. The van der Waals surface area contributed by atoms with Gasteiger partial charge in [0.15, 0.2) is 0 Å². The Morgan fingerprint density at radius 2 is 1.96 bits per heavy atom. The number of amides is 1. The molecule has 25 heavy (non-hydrogen) atoms. The van der Waals surface area contributed by atoms with Crippen LogP contribution in [-0.4, -0.2) is 34.2 Å². The predicted molar refractivity (Wildman–Crippen MR) is 95.3 cm³/mol. The maximum Gasteiger partial charge on any atom is 0.410 e. The minimum Gasteiger partial charge on any atom is -0.444 e. The summed E-state index contributed by atoms with van der Waals surface area (Å²) in [5.74, 6) is 0. The first-order chi connectivity index (χ1) is 11.9. The third kappa shape index (κ3) is 4.56. The van der Waals surface area contributed by atoms with E-state index in [1.54, 1.807) is 4.90 Å². The van der Waals surface area contributed by atoms with Crippen molar-refractivity contribution >= 4 is 17.9 Å². The number of nitrogens with zero attached hydrogens (tertiary/aromatic N) is 5. The quantitative estimate of drug-likeness (QED) is 0.752. The van der Waals surface area contributed by atoms with Gasteiger partial charge in [0.25, 0.3) is 0 Å². The molecule has 2 aliphatic rings. The number of carbonyl (C=O) groups is 1. The largest absolute Gasteiger partial charge is 0.444 e. The van der Waals surface area contributed by atoms with Crippen molar-refractivity contribution in [2.24, 2.45) is 20.7 Å². The van der Waals surface area contributed by atoms with Crippen LogP contribution in [0.3, 0.4) is 0 Å². The Balaban J connectivity index is 1.72. The number of hydrogen-bond acceptors (Lipinski definition) is 7. The lowest BCUT2D eigenvalue weighted by Gasteiger charge is -2.31. The average molecular weight is 361 g/mol. The number of ether oxygens (including phenoxy) is 1. The van der Waals surface area contributed by atoms with Gasteiger partial charge in [-0.15, -0.1) is 10.2 Å². The molecule has 1 fully saturated rings. The van der Waals surface area contributed by atoms with Gasteiger partial charge in [0.05, 0.1) is 0 Å². The van der Waals surface area contributed by atoms with E-state index in [2.05, 4.69) is 20.7 Å². The number of carbonyl (C=O) groups excluding carboxylic acids is 1. The van der Waals surface area contributed by atoms with Gasteiger partial charge in [-0.2, -0.15) is 0 Å². The molecule has 8 heteroatoms. The monoisotopic (exact) mass is 361 g/mol. The summed E-state index contributed by atoms with van der Waals surface area (Å²) in [4.78, 5) is 14.5. The molecule has 7 nitrogen and oxygen atoms in total. The molecule has 1 aromatic rings. The minimum atomic E-state index is -0.809. The minimum absolute atomic E-state index is 0.0158. The van der Waals surface area contributed by atoms with Crippen LogP contribution in [0.25, 0.3) is 0 Å². The zero-order valence-corrected chi connectivity index (χ0v) is 15.6. The number of thioether (sulfide) groups is 1. The van der Waals surface area contributed by atoms with Crippen molar-refractivity contribution in [3.05, 3.63) is 30.3 Å².